The second-order valence-corrected chi connectivity index (χ2v) is 8.45. The first-order valence-corrected chi connectivity index (χ1v) is 10.3. The molecule has 1 unspecified atom stereocenters. The molecule has 3 atom stereocenters. The Hall–Kier alpha value is -2.89. The number of hydrogen-bond donors (Lipinski definition) is 1. The highest BCUT2D eigenvalue weighted by Gasteiger charge is 2.44. The Labute approximate surface area is 169 Å². The quantitative estimate of drug-likeness (QED) is 0.718. The van der Waals surface area contributed by atoms with Gasteiger partial charge in [-0.1, -0.05) is 12.1 Å². The number of rotatable bonds is 3. The molecule has 1 aromatic carbocycles. The Morgan fingerprint density at radius 3 is 2.59 bits per heavy atom. The maximum absolute atomic E-state index is 13.7. The minimum absolute atomic E-state index is 0.0409. The number of H-pyrrole nitrogens is 1. The summed E-state index contributed by atoms with van der Waals surface area (Å²) in [6, 6.07) is 11.7. The summed E-state index contributed by atoms with van der Waals surface area (Å²) >= 11 is 0. The van der Waals surface area contributed by atoms with Crippen LogP contribution in [-0.4, -0.2) is 37.7 Å². The second kappa shape index (κ2) is 6.87. The van der Waals surface area contributed by atoms with E-state index in [-0.39, 0.29) is 23.8 Å². The molecule has 4 heterocycles. The average molecular weight is 392 g/mol. The normalized spacial score (nSPS) is 23.6. The number of benzene rings is 1. The van der Waals surface area contributed by atoms with Crippen molar-refractivity contribution >= 4 is 5.91 Å². The molecular weight excluding hydrogens is 367 g/mol. The minimum atomic E-state index is -0.155. The number of carbonyl (C=O) groups excluding carboxylic acids is 1. The van der Waals surface area contributed by atoms with Gasteiger partial charge in [0, 0.05) is 25.3 Å². The maximum Gasteiger partial charge on any atom is 0.272 e. The van der Waals surface area contributed by atoms with Gasteiger partial charge in [0.15, 0.2) is 0 Å². The van der Waals surface area contributed by atoms with Crippen LogP contribution in [0, 0.1) is 12.7 Å². The number of nitrogens with zero attached hydrogens (tertiary/aromatic N) is 3. The van der Waals surface area contributed by atoms with Gasteiger partial charge in [-0.25, -0.2) is 4.39 Å². The van der Waals surface area contributed by atoms with Crippen LogP contribution >= 0.6 is 0 Å². The highest BCUT2D eigenvalue weighted by molar-refractivity contribution is 5.94. The highest BCUT2D eigenvalue weighted by atomic mass is 19.1. The molecule has 1 amide bonds. The Balaban J connectivity index is 1.35. The topological polar surface area (TPSA) is 53.9 Å². The van der Waals surface area contributed by atoms with Gasteiger partial charge in [-0.15, -0.1) is 0 Å². The summed E-state index contributed by atoms with van der Waals surface area (Å²) in [5.41, 5.74) is 4.20. The Bertz CT molecular complexity index is 1050. The lowest BCUT2D eigenvalue weighted by Gasteiger charge is -2.39. The molecule has 2 bridgehead atoms. The second-order valence-electron chi connectivity index (χ2n) is 8.45. The highest BCUT2D eigenvalue weighted by Crippen LogP contribution is 2.44. The first-order chi connectivity index (χ1) is 14.0. The number of fused-ring (bicyclic) bond motifs is 2. The lowest BCUT2D eigenvalue weighted by Crippen LogP contribution is -2.46. The molecule has 0 radical (unpaired) electrons. The van der Waals surface area contributed by atoms with Gasteiger partial charge in [0.05, 0.1) is 5.69 Å². The summed E-state index contributed by atoms with van der Waals surface area (Å²) in [7, 11) is 1.97. The molecule has 2 aliphatic heterocycles. The molecule has 0 spiro atoms. The largest absolute Gasteiger partial charge is 0.349 e. The molecule has 3 aromatic rings. The van der Waals surface area contributed by atoms with Crippen molar-refractivity contribution in [3.63, 3.8) is 0 Å². The van der Waals surface area contributed by atoms with E-state index in [4.69, 9.17) is 0 Å². The fourth-order valence-electron chi connectivity index (χ4n) is 5.13. The van der Waals surface area contributed by atoms with Crippen LogP contribution in [0.2, 0.25) is 0 Å². The smallest absolute Gasteiger partial charge is 0.272 e. The fourth-order valence-corrected chi connectivity index (χ4v) is 5.13. The van der Waals surface area contributed by atoms with E-state index in [2.05, 4.69) is 15.1 Å². The number of aromatic nitrogens is 3. The van der Waals surface area contributed by atoms with Crippen LogP contribution in [-0.2, 0) is 7.05 Å². The van der Waals surface area contributed by atoms with Crippen molar-refractivity contribution in [2.75, 3.05) is 0 Å². The Morgan fingerprint density at radius 1 is 1.17 bits per heavy atom. The standard InChI is InChI=1S/C23H25FN4O/c1-14-10-15(5-8-19(14)24)16-11-17-6-7-18(12-16)28(17)23(29)21-13-20(25-26-21)22-4-3-9-27(22)2/h3-5,8-10,13,16-18H,6-7,11-12H2,1-2H3,(H,25,26)/t16?,17-,18+. The number of halogens is 1. The van der Waals surface area contributed by atoms with Gasteiger partial charge in [-0.3, -0.25) is 9.89 Å². The first-order valence-electron chi connectivity index (χ1n) is 10.3. The van der Waals surface area contributed by atoms with Gasteiger partial charge in [-0.2, -0.15) is 5.10 Å². The van der Waals surface area contributed by atoms with E-state index in [0.29, 0.717) is 17.2 Å². The van der Waals surface area contributed by atoms with Gasteiger partial charge >= 0.3 is 0 Å². The summed E-state index contributed by atoms with van der Waals surface area (Å²) < 4.78 is 15.6. The van der Waals surface area contributed by atoms with Crippen molar-refractivity contribution in [1.82, 2.24) is 19.7 Å². The van der Waals surface area contributed by atoms with E-state index in [1.807, 2.05) is 55.1 Å². The first kappa shape index (κ1) is 18.2. The zero-order valence-corrected chi connectivity index (χ0v) is 16.7. The molecule has 2 aromatic heterocycles. The van der Waals surface area contributed by atoms with Crippen LogP contribution in [0.3, 0.4) is 0 Å². The number of aromatic amines is 1. The number of hydrogen-bond acceptors (Lipinski definition) is 2. The minimum Gasteiger partial charge on any atom is -0.349 e. The van der Waals surface area contributed by atoms with Gasteiger partial charge in [0.25, 0.3) is 5.91 Å². The third kappa shape index (κ3) is 3.07. The lowest BCUT2D eigenvalue weighted by atomic mass is 9.84. The molecule has 6 heteroatoms. The van der Waals surface area contributed by atoms with Crippen molar-refractivity contribution in [2.24, 2.45) is 7.05 Å². The Morgan fingerprint density at radius 2 is 1.93 bits per heavy atom. The van der Waals surface area contributed by atoms with E-state index >= 15 is 0 Å². The number of nitrogens with one attached hydrogen (secondary N) is 1. The van der Waals surface area contributed by atoms with Crippen LogP contribution in [0.1, 0.15) is 53.2 Å². The van der Waals surface area contributed by atoms with Crippen LogP contribution in [0.15, 0.2) is 42.6 Å². The number of piperidine rings is 1. The summed E-state index contributed by atoms with van der Waals surface area (Å²) in [6.07, 6.45) is 5.91. The third-order valence-corrected chi connectivity index (χ3v) is 6.64. The maximum atomic E-state index is 13.7. The molecule has 5 rings (SSSR count). The van der Waals surface area contributed by atoms with E-state index in [1.54, 1.807) is 6.07 Å². The molecule has 0 aliphatic carbocycles. The monoisotopic (exact) mass is 392 g/mol. The number of aryl methyl sites for hydroxylation is 2. The van der Waals surface area contributed by atoms with Crippen molar-refractivity contribution in [2.45, 2.75) is 50.6 Å². The molecular formula is C23H25FN4O. The van der Waals surface area contributed by atoms with Crippen molar-refractivity contribution in [1.29, 1.82) is 0 Å². The predicted octanol–water partition coefficient (Wildman–Crippen LogP) is 4.41. The molecule has 2 aliphatic rings. The summed E-state index contributed by atoms with van der Waals surface area (Å²) in [5, 5.41) is 7.31. The number of carbonyl (C=O) groups is 1. The molecule has 150 valence electrons. The Kier molecular flexibility index (Phi) is 4.30. The zero-order chi connectivity index (χ0) is 20.1. The number of amides is 1. The van der Waals surface area contributed by atoms with Crippen LogP contribution < -0.4 is 0 Å². The van der Waals surface area contributed by atoms with Gasteiger partial charge in [0.2, 0.25) is 0 Å². The van der Waals surface area contributed by atoms with Crippen LogP contribution in [0.4, 0.5) is 4.39 Å². The van der Waals surface area contributed by atoms with Crippen molar-refractivity contribution in [3.05, 3.63) is 65.2 Å². The molecule has 2 fully saturated rings. The lowest BCUT2D eigenvalue weighted by molar-refractivity contribution is 0.0565. The van der Waals surface area contributed by atoms with E-state index in [1.165, 1.54) is 5.56 Å². The van der Waals surface area contributed by atoms with Gasteiger partial charge in [0.1, 0.15) is 17.2 Å². The molecule has 1 N–H and O–H groups in total. The van der Waals surface area contributed by atoms with Crippen molar-refractivity contribution in [3.8, 4) is 11.4 Å². The van der Waals surface area contributed by atoms with Crippen molar-refractivity contribution < 1.29 is 9.18 Å². The van der Waals surface area contributed by atoms with Gasteiger partial charge in [-0.05, 0) is 73.9 Å². The third-order valence-electron chi connectivity index (χ3n) is 6.64. The summed E-state index contributed by atoms with van der Waals surface area (Å²) in [5.74, 6) is 0.272. The summed E-state index contributed by atoms with van der Waals surface area (Å²) in [6.45, 7) is 1.81. The average Bonchev–Trinajstić information content (AvgIpc) is 3.41. The molecule has 5 nitrogen and oxygen atoms in total. The zero-order valence-electron chi connectivity index (χ0n) is 16.7. The predicted molar refractivity (Wildman–Crippen MR) is 109 cm³/mol. The van der Waals surface area contributed by atoms with Crippen LogP contribution in [0.25, 0.3) is 11.4 Å². The molecule has 29 heavy (non-hydrogen) atoms. The van der Waals surface area contributed by atoms with E-state index in [9.17, 15) is 9.18 Å². The van der Waals surface area contributed by atoms with Gasteiger partial charge < -0.3 is 9.47 Å². The van der Waals surface area contributed by atoms with E-state index < -0.39 is 0 Å². The molecule has 2 saturated heterocycles. The SMILES string of the molecule is Cc1cc(C2C[C@H]3CC[C@@H](C2)N3C(=O)c2cc(-c3cccn3C)n[nH]2)ccc1F. The van der Waals surface area contributed by atoms with E-state index in [0.717, 1.165) is 37.1 Å². The summed E-state index contributed by atoms with van der Waals surface area (Å²) in [4.78, 5) is 15.3. The molecule has 0 saturated carbocycles. The van der Waals surface area contributed by atoms with Crippen LogP contribution in [0.5, 0.6) is 0 Å². The fraction of sp³-hybridized carbons (Fsp3) is 0.391.